The van der Waals surface area contributed by atoms with Crippen LogP contribution in [-0.4, -0.2) is 10.9 Å². The monoisotopic (exact) mass is 155 g/mol. The molecule has 1 unspecified atom stereocenters. The zero-order valence-electron chi connectivity index (χ0n) is 7.38. The van der Waals surface area contributed by atoms with Gasteiger partial charge in [0.05, 0.1) is 5.71 Å². The molecule has 0 heterocycles. The molecule has 1 aliphatic carbocycles. The molecule has 0 bridgehead atoms. The van der Waals surface area contributed by atoms with Crippen LogP contribution in [0.2, 0.25) is 0 Å². The summed E-state index contributed by atoms with van der Waals surface area (Å²) in [5, 5.41) is 11.9. The second kappa shape index (κ2) is 3.74. The van der Waals surface area contributed by atoms with Gasteiger partial charge in [0.15, 0.2) is 0 Å². The van der Waals surface area contributed by atoms with Gasteiger partial charge in [0.1, 0.15) is 0 Å². The van der Waals surface area contributed by atoms with E-state index in [9.17, 15) is 0 Å². The lowest BCUT2D eigenvalue weighted by Gasteiger charge is -2.25. The fourth-order valence-electron chi connectivity index (χ4n) is 1.73. The van der Waals surface area contributed by atoms with Gasteiger partial charge in [-0.15, -0.1) is 0 Å². The van der Waals surface area contributed by atoms with Gasteiger partial charge in [0.25, 0.3) is 0 Å². The molecule has 0 aromatic rings. The zero-order valence-corrected chi connectivity index (χ0v) is 7.38. The van der Waals surface area contributed by atoms with Gasteiger partial charge in [-0.3, -0.25) is 0 Å². The first kappa shape index (κ1) is 8.57. The van der Waals surface area contributed by atoms with Crippen molar-refractivity contribution in [2.24, 2.45) is 17.0 Å². The average molecular weight is 155 g/mol. The smallest absolute Gasteiger partial charge is 0.0573 e. The van der Waals surface area contributed by atoms with Gasteiger partial charge in [-0.2, -0.15) is 0 Å². The zero-order chi connectivity index (χ0) is 8.27. The molecule has 0 amide bonds. The van der Waals surface area contributed by atoms with Gasteiger partial charge in [-0.25, -0.2) is 0 Å². The molecule has 0 radical (unpaired) electrons. The van der Waals surface area contributed by atoms with E-state index in [1.165, 1.54) is 12.8 Å². The highest BCUT2D eigenvalue weighted by Gasteiger charge is 2.20. The third-order valence-corrected chi connectivity index (χ3v) is 2.62. The maximum absolute atomic E-state index is 8.58. The molecule has 0 aromatic carbocycles. The third kappa shape index (κ3) is 2.21. The van der Waals surface area contributed by atoms with Crippen molar-refractivity contribution in [2.45, 2.75) is 39.5 Å². The van der Waals surface area contributed by atoms with Crippen LogP contribution in [0.1, 0.15) is 39.5 Å². The first-order valence-corrected chi connectivity index (χ1v) is 4.44. The number of nitrogens with zero attached hydrogens (tertiary/aromatic N) is 1. The van der Waals surface area contributed by atoms with Crippen LogP contribution in [0, 0.1) is 11.8 Å². The molecule has 1 atom stereocenters. The van der Waals surface area contributed by atoms with Crippen LogP contribution in [0.25, 0.3) is 0 Å². The van der Waals surface area contributed by atoms with Crippen molar-refractivity contribution in [2.75, 3.05) is 0 Å². The summed E-state index contributed by atoms with van der Waals surface area (Å²) in [5.74, 6) is 1.47. The topological polar surface area (TPSA) is 32.6 Å². The SMILES string of the molecule is CC(C)C1CCCC(=NO)C1. The second-order valence-electron chi connectivity index (χ2n) is 3.77. The van der Waals surface area contributed by atoms with Crippen molar-refractivity contribution < 1.29 is 5.21 Å². The van der Waals surface area contributed by atoms with Gasteiger partial charge < -0.3 is 5.21 Å². The molecule has 2 nitrogen and oxygen atoms in total. The van der Waals surface area contributed by atoms with Crippen molar-refractivity contribution in [1.29, 1.82) is 0 Å². The molecule has 1 N–H and O–H groups in total. The van der Waals surface area contributed by atoms with Crippen LogP contribution in [-0.2, 0) is 0 Å². The molecule has 0 saturated heterocycles. The fourth-order valence-corrected chi connectivity index (χ4v) is 1.73. The summed E-state index contributed by atoms with van der Waals surface area (Å²) in [6, 6.07) is 0. The van der Waals surface area contributed by atoms with Crippen LogP contribution < -0.4 is 0 Å². The van der Waals surface area contributed by atoms with E-state index >= 15 is 0 Å². The summed E-state index contributed by atoms with van der Waals surface area (Å²) in [5.41, 5.74) is 0.995. The molecule has 0 spiro atoms. The Balaban J connectivity index is 2.46. The first-order chi connectivity index (χ1) is 5.24. The number of oxime groups is 1. The summed E-state index contributed by atoms with van der Waals surface area (Å²) in [6.07, 6.45) is 4.51. The Morgan fingerprint density at radius 1 is 1.55 bits per heavy atom. The summed E-state index contributed by atoms with van der Waals surface area (Å²) in [6.45, 7) is 4.48. The van der Waals surface area contributed by atoms with Gasteiger partial charge >= 0.3 is 0 Å². The molecule has 1 rings (SSSR count). The van der Waals surface area contributed by atoms with Crippen molar-refractivity contribution in [3.8, 4) is 0 Å². The Kier molecular flexibility index (Phi) is 2.92. The molecular formula is C9H17NO. The molecule has 1 fully saturated rings. The van der Waals surface area contributed by atoms with E-state index in [0.29, 0.717) is 0 Å². The predicted octanol–water partition coefficient (Wildman–Crippen LogP) is 2.66. The minimum Gasteiger partial charge on any atom is -0.411 e. The van der Waals surface area contributed by atoms with Crippen molar-refractivity contribution in [3.05, 3.63) is 0 Å². The second-order valence-corrected chi connectivity index (χ2v) is 3.77. The third-order valence-electron chi connectivity index (χ3n) is 2.62. The Morgan fingerprint density at radius 2 is 2.27 bits per heavy atom. The van der Waals surface area contributed by atoms with E-state index in [1.807, 2.05) is 0 Å². The lowest BCUT2D eigenvalue weighted by atomic mass is 9.81. The Labute approximate surface area is 68.3 Å². The van der Waals surface area contributed by atoms with Crippen LogP contribution in [0.3, 0.4) is 0 Å². The van der Waals surface area contributed by atoms with Crippen molar-refractivity contribution in [1.82, 2.24) is 0 Å². The fraction of sp³-hybridized carbons (Fsp3) is 0.889. The summed E-state index contributed by atoms with van der Waals surface area (Å²) in [7, 11) is 0. The molecule has 1 aliphatic rings. The summed E-state index contributed by atoms with van der Waals surface area (Å²) < 4.78 is 0. The van der Waals surface area contributed by atoms with Crippen molar-refractivity contribution >= 4 is 5.71 Å². The molecule has 64 valence electrons. The number of hydrogen-bond donors (Lipinski definition) is 1. The largest absolute Gasteiger partial charge is 0.411 e. The molecule has 11 heavy (non-hydrogen) atoms. The van der Waals surface area contributed by atoms with Gasteiger partial charge in [0, 0.05) is 0 Å². The van der Waals surface area contributed by atoms with Gasteiger partial charge in [-0.05, 0) is 37.5 Å². The first-order valence-electron chi connectivity index (χ1n) is 4.44. The Hall–Kier alpha value is -0.530. The Bertz CT molecular complexity index is 152. The molecule has 1 saturated carbocycles. The van der Waals surface area contributed by atoms with E-state index in [2.05, 4.69) is 19.0 Å². The molecule has 2 heteroatoms. The van der Waals surface area contributed by atoms with E-state index in [1.54, 1.807) is 0 Å². The predicted molar refractivity (Wildman–Crippen MR) is 46.0 cm³/mol. The lowest BCUT2D eigenvalue weighted by molar-refractivity contribution is 0.298. The molecule has 0 aromatic heterocycles. The van der Waals surface area contributed by atoms with Crippen LogP contribution in [0.5, 0.6) is 0 Å². The van der Waals surface area contributed by atoms with E-state index < -0.39 is 0 Å². The standard InChI is InChI=1S/C9H17NO/c1-7(2)8-4-3-5-9(6-8)10-11/h7-8,11H,3-6H2,1-2H3. The minimum atomic E-state index is 0.729. The normalized spacial score (nSPS) is 29.7. The van der Waals surface area contributed by atoms with Crippen LogP contribution >= 0.6 is 0 Å². The average Bonchev–Trinajstić information content (AvgIpc) is 2.05. The summed E-state index contributed by atoms with van der Waals surface area (Å²) in [4.78, 5) is 0. The highest BCUT2D eigenvalue weighted by molar-refractivity contribution is 5.84. The Morgan fingerprint density at radius 3 is 2.82 bits per heavy atom. The van der Waals surface area contributed by atoms with E-state index in [-0.39, 0.29) is 0 Å². The van der Waals surface area contributed by atoms with E-state index in [0.717, 1.165) is 30.4 Å². The minimum absolute atomic E-state index is 0.729. The number of hydrogen-bond acceptors (Lipinski definition) is 2. The molecule has 0 aliphatic heterocycles. The van der Waals surface area contributed by atoms with Crippen LogP contribution in [0.15, 0.2) is 5.16 Å². The maximum atomic E-state index is 8.58. The van der Waals surface area contributed by atoms with Gasteiger partial charge in [0.2, 0.25) is 0 Å². The summed E-state index contributed by atoms with van der Waals surface area (Å²) >= 11 is 0. The highest BCUT2D eigenvalue weighted by Crippen LogP contribution is 2.27. The van der Waals surface area contributed by atoms with E-state index in [4.69, 9.17) is 5.21 Å². The maximum Gasteiger partial charge on any atom is 0.0573 e. The van der Waals surface area contributed by atoms with Gasteiger partial charge in [-0.1, -0.05) is 19.0 Å². The highest BCUT2D eigenvalue weighted by atomic mass is 16.4. The lowest BCUT2D eigenvalue weighted by Crippen LogP contribution is -2.19. The van der Waals surface area contributed by atoms with Crippen LogP contribution in [0.4, 0.5) is 0 Å². The molecular weight excluding hydrogens is 138 g/mol. The number of rotatable bonds is 1. The van der Waals surface area contributed by atoms with Crippen molar-refractivity contribution in [3.63, 3.8) is 0 Å². The quantitative estimate of drug-likeness (QED) is 0.458.